The molecule has 3 nitrogen and oxygen atoms in total. The maximum absolute atomic E-state index is 10.3. The van der Waals surface area contributed by atoms with Crippen LogP contribution in [0.3, 0.4) is 0 Å². The lowest BCUT2D eigenvalue weighted by Crippen LogP contribution is -2.37. The first kappa shape index (κ1) is 13.5. The number of likely N-dealkylation sites (tertiary alicyclic amines) is 1. The molecular weight excluding hydrogens is 226 g/mol. The number of rotatable bonds is 2. The van der Waals surface area contributed by atoms with Gasteiger partial charge in [-0.25, -0.2) is 0 Å². The molecule has 1 heterocycles. The fourth-order valence-corrected chi connectivity index (χ4v) is 2.77. The molecule has 0 aromatic heterocycles. The van der Waals surface area contributed by atoms with Crippen molar-refractivity contribution in [2.45, 2.75) is 44.4 Å². The van der Waals surface area contributed by atoms with Crippen molar-refractivity contribution in [3.05, 3.63) is 35.4 Å². The van der Waals surface area contributed by atoms with E-state index in [4.69, 9.17) is 0 Å². The van der Waals surface area contributed by atoms with Crippen LogP contribution in [0, 0.1) is 0 Å². The zero-order valence-electron chi connectivity index (χ0n) is 11.4. The molecule has 0 spiro atoms. The number of benzene rings is 1. The van der Waals surface area contributed by atoms with Crippen molar-refractivity contribution in [1.82, 2.24) is 4.90 Å². The average Bonchev–Trinajstić information content (AvgIpc) is 2.31. The highest BCUT2D eigenvalue weighted by Crippen LogP contribution is 2.35. The highest BCUT2D eigenvalue weighted by molar-refractivity contribution is 5.34. The third kappa shape index (κ3) is 2.74. The zero-order valence-corrected chi connectivity index (χ0v) is 11.4. The molecule has 100 valence electrons. The van der Waals surface area contributed by atoms with Crippen molar-refractivity contribution in [2.24, 2.45) is 0 Å². The predicted octanol–water partition coefficient (Wildman–Crippen LogP) is 2.04. The fraction of sp³-hybridized carbons (Fsp3) is 0.600. The van der Waals surface area contributed by atoms with Gasteiger partial charge in [-0.05, 0) is 44.9 Å². The van der Waals surface area contributed by atoms with E-state index >= 15 is 0 Å². The second-order valence-electron chi connectivity index (χ2n) is 5.82. The molecule has 1 aromatic carbocycles. The van der Waals surface area contributed by atoms with Crippen LogP contribution < -0.4 is 0 Å². The van der Waals surface area contributed by atoms with Gasteiger partial charge in [0.15, 0.2) is 0 Å². The van der Waals surface area contributed by atoms with Gasteiger partial charge in [0, 0.05) is 12.6 Å². The Labute approximate surface area is 109 Å². The topological polar surface area (TPSA) is 43.7 Å². The van der Waals surface area contributed by atoms with Crippen LogP contribution in [0.15, 0.2) is 24.3 Å². The predicted molar refractivity (Wildman–Crippen MR) is 72.3 cm³/mol. The normalized spacial score (nSPS) is 26.3. The van der Waals surface area contributed by atoms with Crippen LogP contribution in [0.2, 0.25) is 0 Å². The Morgan fingerprint density at radius 1 is 1.28 bits per heavy atom. The molecule has 2 unspecified atom stereocenters. The summed E-state index contributed by atoms with van der Waals surface area (Å²) in [7, 11) is 2.08. The minimum atomic E-state index is -0.847. The summed E-state index contributed by atoms with van der Waals surface area (Å²) in [5.41, 5.74) is 1.24. The smallest absolute Gasteiger partial charge is 0.0843 e. The first-order valence-electron chi connectivity index (χ1n) is 6.59. The van der Waals surface area contributed by atoms with E-state index in [0.29, 0.717) is 0 Å². The molecule has 2 N–H and O–H groups in total. The molecule has 0 saturated carbocycles. The third-order valence-electron chi connectivity index (χ3n) is 3.82. The summed E-state index contributed by atoms with van der Waals surface area (Å²) in [6.45, 7) is 4.52. The first-order chi connectivity index (χ1) is 8.39. The quantitative estimate of drug-likeness (QED) is 0.843. The molecule has 2 rings (SSSR count). The van der Waals surface area contributed by atoms with Crippen LogP contribution >= 0.6 is 0 Å². The van der Waals surface area contributed by atoms with Gasteiger partial charge in [0.2, 0.25) is 0 Å². The highest BCUT2D eigenvalue weighted by atomic mass is 16.3. The summed E-state index contributed by atoms with van der Waals surface area (Å²) in [5.74, 6) is 0. The Balaban J connectivity index is 2.38. The maximum Gasteiger partial charge on any atom is 0.0843 e. The summed E-state index contributed by atoms with van der Waals surface area (Å²) < 4.78 is 0. The van der Waals surface area contributed by atoms with E-state index < -0.39 is 5.60 Å². The Kier molecular flexibility index (Phi) is 3.76. The van der Waals surface area contributed by atoms with Gasteiger partial charge in [-0.2, -0.15) is 0 Å². The Bertz CT molecular complexity index is 411. The van der Waals surface area contributed by atoms with Gasteiger partial charge in [-0.15, -0.1) is 0 Å². The number of aliphatic hydroxyl groups is 2. The molecule has 1 aromatic rings. The van der Waals surface area contributed by atoms with Crippen molar-refractivity contribution in [3.63, 3.8) is 0 Å². The van der Waals surface area contributed by atoms with Crippen molar-refractivity contribution in [3.8, 4) is 0 Å². The largest absolute Gasteiger partial charge is 0.393 e. The van der Waals surface area contributed by atoms with Crippen LogP contribution in [-0.2, 0) is 5.60 Å². The van der Waals surface area contributed by atoms with E-state index in [1.54, 1.807) is 0 Å². The minimum Gasteiger partial charge on any atom is -0.393 e. The first-order valence-corrected chi connectivity index (χ1v) is 6.59. The number of hydrogen-bond acceptors (Lipinski definition) is 3. The highest BCUT2D eigenvalue weighted by Gasteiger charge is 2.30. The molecule has 0 aliphatic carbocycles. The van der Waals surface area contributed by atoms with E-state index in [1.165, 1.54) is 0 Å². The lowest BCUT2D eigenvalue weighted by molar-refractivity contribution is 0.0476. The molecule has 3 heteroatoms. The lowest BCUT2D eigenvalue weighted by atomic mass is 9.85. The van der Waals surface area contributed by atoms with Crippen molar-refractivity contribution < 1.29 is 10.2 Å². The van der Waals surface area contributed by atoms with E-state index in [-0.39, 0.29) is 12.1 Å². The molecule has 0 amide bonds. The fourth-order valence-electron chi connectivity index (χ4n) is 2.77. The Hall–Kier alpha value is -0.900. The zero-order chi connectivity index (χ0) is 13.3. The average molecular weight is 249 g/mol. The van der Waals surface area contributed by atoms with Crippen LogP contribution in [0.25, 0.3) is 0 Å². The Morgan fingerprint density at radius 3 is 2.61 bits per heavy atom. The summed E-state index contributed by atoms with van der Waals surface area (Å²) in [4.78, 5) is 2.26. The van der Waals surface area contributed by atoms with Crippen LogP contribution in [-0.4, -0.2) is 34.8 Å². The molecule has 0 bridgehead atoms. The summed E-state index contributed by atoms with van der Waals surface area (Å²) >= 11 is 0. The number of piperidine rings is 1. The molecule has 1 aliphatic rings. The second-order valence-corrected chi connectivity index (χ2v) is 5.82. The summed E-state index contributed by atoms with van der Waals surface area (Å²) in [6, 6.07) is 8.18. The van der Waals surface area contributed by atoms with Gasteiger partial charge in [0.1, 0.15) is 0 Å². The molecule has 0 radical (unpaired) electrons. The maximum atomic E-state index is 10.3. The molecule has 1 aliphatic heterocycles. The number of aliphatic hydroxyl groups excluding tert-OH is 1. The van der Waals surface area contributed by atoms with Gasteiger partial charge in [0.25, 0.3) is 0 Å². The van der Waals surface area contributed by atoms with Crippen molar-refractivity contribution >= 4 is 0 Å². The van der Waals surface area contributed by atoms with Crippen molar-refractivity contribution in [2.75, 3.05) is 13.6 Å². The van der Waals surface area contributed by atoms with Gasteiger partial charge < -0.3 is 10.2 Å². The molecule has 2 atom stereocenters. The Morgan fingerprint density at radius 2 is 1.94 bits per heavy atom. The van der Waals surface area contributed by atoms with E-state index in [1.807, 2.05) is 32.0 Å². The monoisotopic (exact) mass is 249 g/mol. The van der Waals surface area contributed by atoms with Gasteiger partial charge in [-0.1, -0.05) is 24.3 Å². The van der Waals surface area contributed by atoms with Gasteiger partial charge in [0.05, 0.1) is 11.7 Å². The van der Waals surface area contributed by atoms with E-state index in [0.717, 1.165) is 30.5 Å². The van der Waals surface area contributed by atoms with Crippen molar-refractivity contribution in [1.29, 1.82) is 0 Å². The van der Waals surface area contributed by atoms with Crippen LogP contribution in [0.5, 0.6) is 0 Å². The second kappa shape index (κ2) is 5.00. The van der Waals surface area contributed by atoms with Crippen LogP contribution in [0.4, 0.5) is 0 Å². The van der Waals surface area contributed by atoms with E-state index in [2.05, 4.69) is 18.0 Å². The lowest BCUT2D eigenvalue weighted by Gasteiger charge is -2.37. The van der Waals surface area contributed by atoms with Crippen LogP contribution in [0.1, 0.15) is 43.9 Å². The summed E-state index contributed by atoms with van der Waals surface area (Å²) in [5, 5.41) is 20.1. The minimum absolute atomic E-state index is 0.191. The number of nitrogens with zero attached hydrogens (tertiary/aromatic N) is 1. The molecular formula is C15H23NO2. The molecule has 1 saturated heterocycles. The third-order valence-corrected chi connectivity index (χ3v) is 3.82. The molecule has 1 fully saturated rings. The standard InChI is InChI=1S/C15H23NO2/c1-15(2,18)13-7-5-4-6-12(13)14-10-11(17)8-9-16(14)3/h4-7,11,14,17-18H,8-10H2,1-3H3. The summed E-state index contributed by atoms with van der Waals surface area (Å²) in [6.07, 6.45) is 1.34. The van der Waals surface area contributed by atoms with Gasteiger partial charge in [-0.3, -0.25) is 4.90 Å². The van der Waals surface area contributed by atoms with E-state index in [9.17, 15) is 10.2 Å². The number of hydrogen-bond donors (Lipinski definition) is 2. The SMILES string of the molecule is CN1CCC(O)CC1c1ccccc1C(C)(C)O. The molecule has 18 heavy (non-hydrogen) atoms. The van der Waals surface area contributed by atoms with Gasteiger partial charge >= 0.3 is 0 Å².